The molecule has 0 aliphatic rings. The first-order valence-electron chi connectivity index (χ1n) is 6.83. The molecule has 0 bridgehead atoms. The molecule has 0 fully saturated rings. The predicted molar refractivity (Wildman–Crippen MR) is 67.9 cm³/mol. The molecule has 0 aromatic rings. The number of carboxylic acids is 1. The van der Waals surface area contributed by atoms with Crippen LogP contribution in [0.1, 0.15) is 46.5 Å². The van der Waals surface area contributed by atoms with Crippen LogP contribution in [0.25, 0.3) is 0 Å². The first-order chi connectivity index (χ1) is 10.2. The van der Waals surface area contributed by atoms with Gasteiger partial charge in [0, 0.05) is 0 Å². The second-order valence-electron chi connectivity index (χ2n) is 5.43. The van der Waals surface area contributed by atoms with Crippen LogP contribution in [-0.4, -0.2) is 45.5 Å². The van der Waals surface area contributed by atoms with E-state index < -0.39 is 35.2 Å². The molecule has 0 aromatic heterocycles. The Bertz CT molecular complexity index is 443. The summed E-state index contributed by atoms with van der Waals surface area (Å²) in [7, 11) is 0. The Morgan fingerprint density at radius 3 is 1.65 bits per heavy atom. The summed E-state index contributed by atoms with van der Waals surface area (Å²) in [5.41, 5.74) is -6.53. The van der Waals surface area contributed by atoms with Crippen LogP contribution in [0.4, 0.5) is 22.0 Å². The average Bonchev–Trinajstić information content (AvgIpc) is 2.35. The lowest BCUT2D eigenvalue weighted by atomic mass is 9.92. The molecule has 0 spiro atoms. The van der Waals surface area contributed by atoms with E-state index in [-0.39, 0.29) is 12.8 Å². The third kappa shape index (κ3) is 4.10. The van der Waals surface area contributed by atoms with Crippen LogP contribution in [0, 0.1) is 0 Å². The second kappa shape index (κ2) is 6.98. The van der Waals surface area contributed by atoms with Crippen molar-refractivity contribution in [1.82, 2.24) is 0 Å². The lowest BCUT2D eigenvalue weighted by Crippen LogP contribution is -2.67. The van der Waals surface area contributed by atoms with Crippen molar-refractivity contribution in [3.8, 4) is 0 Å². The number of hydrogen-bond acceptors (Lipinski definition) is 4. The lowest BCUT2D eigenvalue weighted by molar-refractivity contribution is -0.334. The molecule has 23 heavy (non-hydrogen) atoms. The topological polar surface area (TPSA) is 83.8 Å². The molecule has 0 aliphatic heterocycles. The van der Waals surface area contributed by atoms with Crippen LogP contribution in [0.5, 0.6) is 0 Å². The van der Waals surface area contributed by atoms with Gasteiger partial charge in [0.25, 0.3) is 0 Å². The van der Waals surface area contributed by atoms with Crippen LogP contribution in [0.15, 0.2) is 0 Å². The smallest absolute Gasteiger partial charge is 0.457 e. The summed E-state index contributed by atoms with van der Waals surface area (Å²) < 4.78 is 68.5. The maximum absolute atomic E-state index is 13.4. The fourth-order valence-electron chi connectivity index (χ4n) is 2.14. The highest BCUT2D eigenvalue weighted by atomic mass is 19.4. The second-order valence-corrected chi connectivity index (χ2v) is 5.43. The monoisotopic (exact) mass is 350 g/mol. The highest BCUT2D eigenvalue weighted by Gasteiger charge is 2.78. The number of rotatable bonds is 8. The van der Waals surface area contributed by atoms with Gasteiger partial charge in [-0.2, -0.15) is 22.0 Å². The number of esters is 1. The predicted octanol–water partition coefficient (Wildman–Crippen LogP) is 2.90. The molecule has 0 saturated heterocycles. The highest BCUT2D eigenvalue weighted by molar-refractivity contribution is 6.04. The Morgan fingerprint density at radius 2 is 1.39 bits per heavy atom. The van der Waals surface area contributed by atoms with Crippen molar-refractivity contribution < 1.29 is 46.5 Å². The van der Waals surface area contributed by atoms with E-state index in [1.807, 2.05) is 0 Å². The van der Waals surface area contributed by atoms with E-state index in [4.69, 9.17) is 5.11 Å². The molecule has 2 N–H and O–H groups in total. The van der Waals surface area contributed by atoms with E-state index in [2.05, 4.69) is 4.74 Å². The first kappa shape index (κ1) is 21.6. The van der Waals surface area contributed by atoms with Crippen molar-refractivity contribution in [2.24, 2.45) is 0 Å². The Morgan fingerprint density at radius 1 is 1.00 bits per heavy atom. The molecule has 0 saturated carbocycles. The van der Waals surface area contributed by atoms with Gasteiger partial charge in [0.1, 0.15) is 5.60 Å². The molecule has 5 nitrogen and oxygen atoms in total. The van der Waals surface area contributed by atoms with Crippen molar-refractivity contribution in [1.29, 1.82) is 0 Å². The number of carbonyl (C=O) groups excluding carboxylic acids is 1. The van der Waals surface area contributed by atoms with Crippen molar-refractivity contribution in [3.63, 3.8) is 0 Å². The quantitative estimate of drug-likeness (QED) is 0.399. The van der Waals surface area contributed by atoms with Crippen LogP contribution in [0.3, 0.4) is 0 Å². The summed E-state index contributed by atoms with van der Waals surface area (Å²) >= 11 is 0. The molecule has 0 aliphatic carbocycles. The van der Waals surface area contributed by atoms with E-state index in [9.17, 15) is 36.6 Å². The van der Waals surface area contributed by atoms with Gasteiger partial charge in [-0.1, -0.05) is 26.7 Å². The summed E-state index contributed by atoms with van der Waals surface area (Å²) in [6.07, 6.45) is -5.47. The zero-order valence-corrected chi connectivity index (χ0v) is 12.8. The minimum atomic E-state index is -6.45. The SMILES string of the molecule is CCCC(C)(CCC)OC(=O)C(O)(C(=O)O)C(F)(F)C(F)(F)F. The molecule has 1 atom stereocenters. The maximum Gasteiger partial charge on any atom is 0.457 e. The number of ether oxygens (including phenoxy) is 1. The Hall–Kier alpha value is -1.45. The molecular formula is C13H19F5O5. The minimum absolute atomic E-state index is 0.0971. The fraction of sp³-hybridized carbons (Fsp3) is 0.846. The average molecular weight is 350 g/mol. The van der Waals surface area contributed by atoms with Crippen LogP contribution in [0.2, 0.25) is 0 Å². The molecule has 0 rings (SSSR count). The lowest BCUT2D eigenvalue weighted by Gasteiger charge is -2.36. The van der Waals surface area contributed by atoms with Gasteiger partial charge < -0.3 is 14.9 Å². The molecule has 10 heteroatoms. The summed E-state index contributed by atoms with van der Waals surface area (Å²) in [5, 5.41) is 18.0. The van der Waals surface area contributed by atoms with Gasteiger partial charge in [-0.3, -0.25) is 0 Å². The van der Waals surface area contributed by atoms with Crippen LogP contribution < -0.4 is 0 Å². The first-order valence-corrected chi connectivity index (χ1v) is 6.83. The molecule has 0 aromatic carbocycles. The summed E-state index contributed by atoms with van der Waals surface area (Å²) in [5.74, 6) is -11.8. The summed E-state index contributed by atoms with van der Waals surface area (Å²) in [4.78, 5) is 22.6. The zero-order chi connectivity index (χ0) is 18.7. The minimum Gasteiger partial charge on any atom is -0.478 e. The molecule has 1 unspecified atom stereocenters. The van der Waals surface area contributed by atoms with Crippen LogP contribution >= 0.6 is 0 Å². The van der Waals surface area contributed by atoms with Gasteiger partial charge in [-0.15, -0.1) is 0 Å². The fourth-order valence-corrected chi connectivity index (χ4v) is 2.14. The molecule has 0 radical (unpaired) electrons. The van der Waals surface area contributed by atoms with Crippen molar-refractivity contribution >= 4 is 11.9 Å². The van der Waals surface area contributed by atoms with Crippen molar-refractivity contribution in [2.75, 3.05) is 0 Å². The number of alkyl halides is 5. The van der Waals surface area contributed by atoms with Gasteiger partial charge in [0.05, 0.1) is 0 Å². The summed E-state index contributed by atoms with van der Waals surface area (Å²) in [6.45, 7) is 4.57. The van der Waals surface area contributed by atoms with E-state index in [1.54, 1.807) is 13.8 Å². The number of aliphatic hydroxyl groups is 1. The molecular weight excluding hydrogens is 331 g/mol. The Balaban J connectivity index is 5.81. The largest absolute Gasteiger partial charge is 0.478 e. The third-order valence-electron chi connectivity index (χ3n) is 3.31. The maximum atomic E-state index is 13.4. The van der Waals surface area contributed by atoms with Crippen molar-refractivity contribution in [2.45, 2.75) is 69.8 Å². The van der Waals surface area contributed by atoms with Gasteiger partial charge >= 0.3 is 29.6 Å². The Labute approximate surface area is 129 Å². The number of halogens is 5. The summed E-state index contributed by atoms with van der Waals surface area (Å²) in [6, 6.07) is 0. The normalized spacial score (nSPS) is 15.9. The van der Waals surface area contributed by atoms with Gasteiger partial charge in [-0.25, -0.2) is 9.59 Å². The van der Waals surface area contributed by atoms with Crippen LogP contribution in [-0.2, 0) is 14.3 Å². The Kier molecular flexibility index (Phi) is 6.54. The van der Waals surface area contributed by atoms with E-state index in [0.29, 0.717) is 12.8 Å². The molecule has 0 amide bonds. The number of hydrogen-bond donors (Lipinski definition) is 2. The number of carbonyl (C=O) groups is 2. The van der Waals surface area contributed by atoms with Crippen molar-refractivity contribution in [3.05, 3.63) is 0 Å². The van der Waals surface area contributed by atoms with Gasteiger partial charge in [0.2, 0.25) is 0 Å². The number of aliphatic carboxylic acids is 1. The highest BCUT2D eigenvalue weighted by Crippen LogP contribution is 2.45. The van der Waals surface area contributed by atoms with Gasteiger partial charge in [-0.05, 0) is 19.8 Å². The molecule has 0 heterocycles. The molecule has 136 valence electrons. The zero-order valence-electron chi connectivity index (χ0n) is 12.8. The van der Waals surface area contributed by atoms with E-state index >= 15 is 0 Å². The van der Waals surface area contributed by atoms with E-state index in [1.165, 1.54) is 6.92 Å². The number of carboxylic acid groups (broad SMARTS) is 1. The third-order valence-corrected chi connectivity index (χ3v) is 3.31. The van der Waals surface area contributed by atoms with Gasteiger partial charge in [0.15, 0.2) is 0 Å². The van der Waals surface area contributed by atoms with E-state index in [0.717, 1.165) is 0 Å². The standard InChI is InChI=1S/C13H19F5O5/c1-4-6-10(3,7-5-2)23-9(21)11(22,8(19)20)12(14,15)13(16,17)18/h22H,4-7H2,1-3H3,(H,19,20).